The van der Waals surface area contributed by atoms with Gasteiger partial charge in [0.15, 0.2) is 0 Å². The lowest BCUT2D eigenvalue weighted by Gasteiger charge is -2.34. The number of aliphatic hydroxyl groups is 1. The van der Waals surface area contributed by atoms with Gasteiger partial charge in [0.25, 0.3) is 0 Å². The number of ether oxygens (including phenoxy) is 7. The van der Waals surface area contributed by atoms with Crippen LogP contribution in [0.5, 0.6) is 34.5 Å². The van der Waals surface area contributed by atoms with Gasteiger partial charge in [-0.3, -0.25) is 29.4 Å². The number of benzene rings is 12. The number of para-hydroxylation sites is 6. The highest BCUT2D eigenvalue weighted by Gasteiger charge is 2.35. The Hall–Kier alpha value is -13.0. The third-order valence-electron chi connectivity index (χ3n) is 29.5. The Morgan fingerprint density at radius 3 is 0.682 bits per heavy atom. The number of aliphatic hydroxyl groups excluding tert-OH is 1. The van der Waals surface area contributed by atoms with Gasteiger partial charge in [-0.1, -0.05) is 195 Å². The Kier molecular flexibility index (Phi) is 34.9. The fourth-order valence-corrected chi connectivity index (χ4v) is 21.8. The second kappa shape index (κ2) is 49.8. The molecule has 6 fully saturated rings. The van der Waals surface area contributed by atoms with E-state index in [-0.39, 0.29) is 35.2 Å². The van der Waals surface area contributed by atoms with E-state index in [2.05, 4.69) is 71.7 Å². The van der Waals surface area contributed by atoms with Crippen molar-refractivity contribution in [2.75, 3.05) is 191 Å². The van der Waals surface area contributed by atoms with Crippen molar-refractivity contribution in [2.24, 2.45) is 0 Å². The van der Waals surface area contributed by atoms with E-state index in [1.807, 2.05) is 176 Å². The molecule has 0 aromatic heterocycles. The smallest absolute Gasteiger partial charge is 0.416 e. The van der Waals surface area contributed by atoms with E-state index in [0.717, 1.165) is 275 Å². The minimum absolute atomic E-state index is 0.176. The van der Waals surface area contributed by atoms with E-state index in [1.54, 1.807) is 24.3 Å². The quantitative estimate of drug-likeness (QED) is 0.0823. The van der Waals surface area contributed by atoms with Gasteiger partial charge in [0, 0.05) is 125 Å². The number of likely N-dealkylation sites (tertiary alicyclic amines) is 4. The van der Waals surface area contributed by atoms with Crippen molar-refractivity contribution in [3.8, 4) is 34.5 Å². The zero-order valence-corrected chi connectivity index (χ0v) is 84.1. The number of hydrogen-bond donors (Lipinski definition) is 1. The van der Waals surface area contributed by atoms with Crippen LogP contribution in [0, 0.1) is 29.1 Å². The third kappa shape index (κ3) is 26.4. The predicted octanol–water partition coefficient (Wildman–Crippen LogP) is 24.1. The molecule has 12 aliphatic rings. The van der Waals surface area contributed by atoms with E-state index < -0.39 is 11.7 Å². The fourth-order valence-electron chi connectivity index (χ4n) is 21.8. The molecule has 0 spiro atoms. The molecule has 12 aromatic carbocycles. The minimum Gasteiger partial charge on any atom is -0.489 e. The van der Waals surface area contributed by atoms with Gasteiger partial charge in [0.2, 0.25) is 0 Å². The lowest BCUT2D eigenvalue weighted by molar-refractivity contribution is -0.137. The second-order valence-electron chi connectivity index (χ2n) is 39.8. The van der Waals surface area contributed by atoms with Crippen LogP contribution in [-0.4, -0.2) is 236 Å². The zero-order valence-electron chi connectivity index (χ0n) is 84.1. The Labute approximate surface area is 863 Å². The summed E-state index contributed by atoms with van der Waals surface area (Å²) in [5.74, 6) is 4.25. The number of likely N-dealkylation sites (N-methyl/N-ethyl adjacent to an activating group) is 1. The van der Waals surface area contributed by atoms with Crippen LogP contribution < -0.4 is 28.4 Å². The van der Waals surface area contributed by atoms with Crippen molar-refractivity contribution in [2.45, 2.75) is 76.5 Å². The molecule has 0 bridgehead atoms. The van der Waals surface area contributed by atoms with Gasteiger partial charge in [0.1, 0.15) is 103 Å². The van der Waals surface area contributed by atoms with Crippen LogP contribution in [0.25, 0.3) is 33.4 Å². The van der Waals surface area contributed by atoms with Crippen molar-refractivity contribution < 1.29 is 73.4 Å². The molecule has 0 radical (unpaired) electrons. The number of halogens is 8. The van der Waals surface area contributed by atoms with Crippen LogP contribution in [0.3, 0.4) is 0 Å². The molecule has 0 saturated carbocycles. The molecule has 6 saturated heterocycles. The van der Waals surface area contributed by atoms with Gasteiger partial charge in [-0.25, -0.2) is 22.0 Å². The number of nitrogens with zero attached hydrogens (tertiary/aromatic N) is 7. The molecule has 1 N–H and O–H groups in total. The lowest BCUT2D eigenvalue weighted by Crippen LogP contribution is -2.45. The molecule has 12 aliphatic heterocycles. The molecule has 768 valence electrons. The average molecular weight is 2010 g/mol. The maximum Gasteiger partial charge on any atom is 0.416 e. The van der Waals surface area contributed by atoms with Gasteiger partial charge in [-0.05, 0) is 307 Å². The van der Waals surface area contributed by atoms with E-state index >= 15 is 0 Å². The molecule has 12 aromatic rings. The summed E-state index contributed by atoms with van der Waals surface area (Å²) in [4.78, 5) is 17.0. The Morgan fingerprint density at radius 2 is 0.446 bits per heavy atom. The van der Waals surface area contributed by atoms with Gasteiger partial charge in [-0.2, -0.15) is 13.2 Å². The topological polar surface area (TPSA) is 108 Å². The summed E-state index contributed by atoms with van der Waals surface area (Å²) in [6.45, 7) is 24.9. The molecule has 0 atom stereocenters. The third-order valence-corrected chi connectivity index (χ3v) is 29.5. The van der Waals surface area contributed by atoms with Crippen LogP contribution in [0.1, 0.15) is 137 Å². The number of piperazine rings is 1. The predicted molar refractivity (Wildman–Crippen MR) is 570 cm³/mol. The van der Waals surface area contributed by atoms with E-state index in [0.29, 0.717) is 39.6 Å². The van der Waals surface area contributed by atoms with E-state index in [9.17, 15) is 40.2 Å². The second-order valence-corrected chi connectivity index (χ2v) is 39.8. The highest BCUT2D eigenvalue weighted by molar-refractivity contribution is 5.91. The summed E-state index contributed by atoms with van der Waals surface area (Å²) >= 11 is 0. The highest BCUT2D eigenvalue weighted by atomic mass is 19.4. The Morgan fingerprint density at radius 1 is 0.243 bits per heavy atom. The van der Waals surface area contributed by atoms with Gasteiger partial charge >= 0.3 is 6.18 Å². The normalized spacial score (nSPS) is 18.4. The summed E-state index contributed by atoms with van der Waals surface area (Å²) in [6, 6.07) is 87.6. The lowest BCUT2D eigenvalue weighted by atomic mass is 9.90. The minimum atomic E-state index is -4.32. The Bertz CT molecular complexity index is 6420. The SMILES string of the molecule is CN1CCN(CC2=C(c3ccc(F)cc3)c3ccccc3OC2)CC1.FC(F)(F)c1ccc(C2=C(CN3CCCCC3)COc3ccccc32)cc1.Fc1ccc(C2=C(CN3CCCC3)COc3ccccc32)cc1.Fc1ccc(C2=C(CN3CCCCC3)COc3ccccc32)cc1.Fc1ccc(C2=C(CN3CCOCC3)COc3ccccc32)cc1.OC1CCN(CC2=C(c3ccc(F)cc3)c3ccccc3OC2)CC1. The van der Waals surface area contributed by atoms with Crippen molar-refractivity contribution in [1.29, 1.82) is 0 Å². The summed E-state index contributed by atoms with van der Waals surface area (Å²) in [5, 5.41) is 9.72. The van der Waals surface area contributed by atoms with Crippen molar-refractivity contribution in [3.63, 3.8) is 0 Å². The van der Waals surface area contributed by atoms with E-state index in [4.69, 9.17) is 33.2 Å². The number of hydrogen-bond acceptors (Lipinski definition) is 15. The molecule has 23 heteroatoms. The summed E-state index contributed by atoms with van der Waals surface area (Å²) in [5.41, 5.74) is 26.2. The monoisotopic (exact) mass is 2010 g/mol. The number of fused-ring (bicyclic) bond motifs is 6. The summed E-state index contributed by atoms with van der Waals surface area (Å²) < 4.78 is 147. The first-order chi connectivity index (χ1) is 72.4. The first-order valence-electron chi connectivity index (χ1n) is 52.3. The molecule has 0 aliphatic carbocycles. The molecule has 0 amide bonds. The van der Waals surface area contributed by atoms with Crippen molar-refractivity contribution in [1.82, 2.24) is 34.3 Å². The van der Waals surface area contributed by atoms with Gasteiger partial charge in [-0.15, -0.1) is 0 Å². The van der Waals surface area contributed by atoms with Crippen molar-refractivity contribution in [3.05, 3.63) is 426 Å². The number of morpholine rings is 1. The van der Waals surface area contributed by atoms with Crippen LogP contribution in [0.4, 0.5) is 35.1 Å². The Balaban J connectivity index is 0.000000112. The number of piperidine rings is 3. The van der Waals surface area contributed by atoms with E-state index in [1.165, 1.54) is 162 Å². The van der Waals surface area contributed by atoms with Crippen LogP contribution in [0.2, 0.25) is 0 Å². The molecule has 148 heavy (non-hydrogen) atoms. The first kappa shape index (κ1) is 104. The molecule has 24 rings (SSSR count). The zero-order chi connectivity index (χ0) is 102. The van der Waals surface area contributed by atoms with Crippen LogP contribution in [-0.2, 0) is 10.9 Å². The highest BCUT2D eigenvalue weighted by Crippen LogP contribution is 2.46. The molecule has 0 unspecified atom stereocenters. The van der Waals surface area contributed by atoms with Crippen molar-refractivity contribution >= 4 is 33.4 Å². The van der Waals surface area contributed by atoms with Crippen LogP contribution in [0.15, 0.2) is 325 Å². The van der Waals surface area contributed by atoms with Gasteiger partial charge in [0.05, 0.1) is 24.9 Å². The summed E-state index contributed by atoms with van der Waals surface area (Å²) in [6.07, 6.45) is 7.22. The average Bonchev–Trinajstić information content (AvgIpc) is 0.927. The van der Waals surface area contributed by atoms with Crippen LogP contribution >= 0.6 is 0 Å². The molecule has 12 heterocycles. The maximum atomic E-state index is 13.4. The summed E-state index contributed by atoms with van der Waals surface area (Å²) in [7, 11) is 2.17. The maximum absolute atomic E-state index is 13.4. The first-order valence-corrected chi connectivity index (χ1v) is 52.3. The fraction of sp³-hybridized carbons (Fsp3) is 0.328. The standard InChI is InChI=1S/C22H22F3NO.C21H23FN2O.C21H22FNO2.C21H22FNO.C20H20FNO2.C20H20FNO/c23-22(24,25)18-10-8-16(9-11-18)21-17(14-26-12-4-1-5-13-26)15-27-20-7-3-2-6-19(20)21;1-23-10-12-24(13-11-23)14-17-15-25-20-5-3-2-4-19(20)21(17)16-6-8-18(22)9-7-16;22-17-7-5-15(6-8-17)21-16(13-23-11-9-18(24)10-12-23)14-25-20-4-2-1-3-19(20)21;22-18-10-8-16(9-11-18)21-17(14-23-12-4-1-5-13-23)15-24-20-7-3-2-6-19(20)21;21-17-7-5-15(6-8-17)20-16(13-22-9-11-23-12-10-22)14-24-19-4-2-1-3-18(19)20;21-17-9-7-15(8-10-17)20-16(13-22-11-3-4-12-22)14-23-19-6-2-1-5-18(19)20/h2-3,6-11H,1,4-5,12-15H2;2-9H,10-15H2,1H3;1-8,18,24H,9-14H2;2-3,6-11H,1,4-5,12-15H2;1-8H,9-14H2;1-2,5-10H,3-4,11-14H2. The molecular weight excluding hydrogens is 1880 g/mol. The molecule has 15 nitrogen and oxygen atoms in total. The molecular formula is C125H129F8N7O8. The largest absolute Gasteiger partial charge is 0.489 e. The number of rotatable bonds is 18. The number of alkyl halides is 3. The van der Waals surface area contributed by atoms with Gasteiger partial charge < -0.3 is 43.2 Å².